The van der Waals surface area contributed by atoms with Crippen molar-refractivity contribution in [3.8, 4) is 11.1 Å². The number of aliphatic hydroxyl groups is 1. The third-order valence-electron chi connectivity index (χ3n) is 4.53. The Morgan fingerprint density at radius 3 is 2.60 bits per heavy atom. The summed E-state index contributed by atoms with van der Waals surface area (Å²) < 4.78 is 0.712. The molecule has 126 valence electrons. The van der Waals surface area contributed by atoms with Crippen LogP contribution in [-0.2, 0) is 13.0 Å². The van der Waals surface area contributed by atoms with Gasteiger partial charge in [0.2, 0.25) is 0 Å². The molecule has 2 aromatic heterocycles. The summed E-state index contributed by atoms with van der Waals surface area (Å²) in [6.45, 7) is 0.562. The van der Waals surface area contributed by atoms with Crippen LogP contribution in [-0.4, -0.2) is 16.6 Å². The highest BCUT2D eigenvalue weighted by Crippen LogP contribution is 2.36. The van der Waals surface area contributed by atoms with Gasteiger partial charge in [0.05, 0.1) is 6.61 Å². The standard InChI is InChI=1S/C20H18N2O2S/c21-9-7-12-1-3-13(4-2-12)17-14(11-23)5-6-16-18(17)15-8-10-25-19(15)20(24)22-16/h1-6,8,10,23H,7,9,11,21H2,(H,22,24). The van der Waals surface area contributed by atoms with E-state index in [4.69, 9.17) is 5.73 Å². The van der Waals surface area contributed by atoms with Crippen molar-refractivity contribution < 1.29 is 5.11 Å². The lowest BCUT2D eigenvalue weighted by molar-refractivity contribution is 0.282. The number of nitrogens with one attached hydrogen (secondary N) is 1. The lowest BCUT2D eigenvalue weighted by Gasteiger charge is -2.13. The van der Waals surface area contributed by atoms with Crippen molar-refractivity contribution in [1.29, 1.82) is 0 Å². The first kappa shape index (κ1) is 16.0. The predicted molar refractivity (Wildman–Crippen MR) is 104 cm³/mol. The van der Waals surface area contributed by atoms with Crippen LogP contribution in [0.5, 0.6) is 0 Å². The number of pyridine rings is 1. The zero-order valence-electron chi connectivity index (χ0n) is 13.6. The number of H-pyrrole nitrogens is 1. The van der Waals surface area contributed by atoms with Gasteiger partial charge in [-0.1, -0.05) is 30.3 Å². The molecule has 4 aromatic rings. The second-order valence-corrected chi connectivity index (χ2v) is 6.95. The minimum absolute atomic E-state index is 0.0550. The molecule has 2 heterocycles. The summed E-state index contributed by atoms with van der Waals surface area (Å²) in [5, 5.41) is 13.7. The number of aromatic amines is 1. The normalized spacial score (nSPS) is 11.4. The summed E-state index contributed by atoms with van der Waals surface area (Å²) in [4.78, 5) is 15.2. The maximum atomic E-state index is 12.3. The molecular formula is C20H18N2O2S. The van der Waals surface area contributed by atoms with Crippen molar-refractivity contribution in [3.63, 3.8) is 0 Å². The van der Waals surface area contributed by atoms with Crippen LogP contribution in [0.15, 0.2) is 52.6 Å². The third-order valence-corrected chi connectivity index (χ3v) is 5.44. The van der Waals surface area contributed by atoms with Gasteiger partial charge < -0.3 is 15.8 Å². The van der Waals surface area contributed by atoms with Gasteiger partial charge in [0.15, 0.2) is 0 Å². The zero-order valence-corrected chi connectivity index (χ0v) is 14.4. The fourth-order valence-corrected chi connectivity index (χ4v) is 4.15. The third kappa shape index (κ3) is 2.66. The lowest BCUT2D eigenvalue weighted by Crippen LogP contribution is -2.05. The largest absolute Gasteiger partial charge is 0.392 e. The Hall–Kier alpha value is -2.47. The summed E-state index contributed by atoms with van der Waals surface area (Å²) in [5.74, 6) is 0. The van der Waals surface area contributed by atoms with Gasteiger partial charge in [-0.05, 0) is 52.7 Å². The SMILES string of the molecule is NCCc1ccc(-c2c(CO)ccc3[nH]c(=O)c4sccc4c23)cc1. The highest BCUT2D eigenvalue weighted by Gasteiger charge is 2.15. The van der Waals surface area contributed by atoms with Crippen LogP contribution in [0.25, 0.3) is 32.1 Å². The Morgan fingerprint density at radius 2 is 1.88 bits per heavy atom. The van der Waals surface area contributed by atoms with E-state index >= 15 is 0 Å². The number of aromatic nitrogens is 1. The molecule has 4 N–H and O–H groups in total. The molecule has 0 unspecified atom stereocenters. The lowest BCUT2D eigenvalue weighted by atomic mass is 9.93. The van der Waals surface area contributed by atoms with Crippen molar-refractivity contribution in [2.45, 2.75) is 13.0 Å². The molecule has 0 saturated heterocycles. The van der Waals surface area contributed by atoms with Crippen molar-refractivity contribution in [2.75, 3.05) is 6.54 Å². The number of hydrogen-bond acceptors (Lipinski definition) is 4. The first-order valence-electron chi connectivity index (χ1n) is 8.18. The van der Waals surface area contributed by atoms with Crippen molar-refractivity contribution in [1.82, 2.24) is 4.98 Å². The molecule has 0 spiro atoms. The number of rotatable bonds is 4. The van der Waals surface area contributed by atoms with E-state index in [1.165, 1.54) is 16.9 Å². The van der Waals surface area contributed by atoms with Crippen molar-refractivity contribution in [3.05, 3.63) is 69.3 Å². The van der Waals surface area contributed by atoms with E-state index in [-0.39, 0.29) is 12.2 Å². The van der Waals surface area contributed by atoms with E-state index in [9.17, 15) is 9.90 Å². The van der Waals surface area contributed by atoms with Crippen LogP contribution in [0, 0.1) is 0 Å². The molecule has 0 bridgehead atoms. The van der Waals surface area contributed by atoms with E-state index in [0.29, 0.717) is 11.2 Å². The Morgan fingerprint density at radius 1 is 1.08 bits per heavy atom. The summed E-state index contributed by atoms with van der Waals surface area (Å²) in [6.07, 6.45) is 0.838. The maximum absolute atomic E-state index is 12.3. The van der Waals surface area contributed by atoms with Crippen molar-refractivity contribution >= 4 is 32.3 Å². The fourth-order valence-electron chi connectivity index (χ4n) is 3.36. The quantitative estimate of drug-likeness (QED) is 0.528. The number of thiophene rings is 1. The van der Waals surface area contributed by atoms with Gasteiger partial charge in [0.1, 0.15) is 4.70 Å². The Labute approximate surface area is 148 Å². The number of nitrogens with two attached hydrogens (primary N) is 1. The van der Waals surface area contributed by atoms with Crippen LogP contribution in [0.3, 0.4) is 0 Å². The minimum Gasteiger partial charge on any atom is -0.392 e. The minimum atomic E-state index is -0.0708. The van der Waals surface area contributed by atoms with Crippen LogP contribution in [0.2, 0.25) is 0 Å². The number of aliphatic hydroxyl groups excluding tert-OH is 1. The van der Waals surface area contributed by atoms with Gasteiger partial charge in [-0.2, -0.15) is 0 Å². The molecule has 0 aliphatic carbocycles. The Balaban J connectivity index is 2.06. The molecule has 0 amide bonds. The highest BCUT2D eigenvalue weighted by atomic mass is 32.1. The molecule has 25 heavy (non-hydrogen) atoms. The van der Waals surface area contributed by atoms with Crippen LogP contribution in [0.1, 0.15) is 11.1 Å². The van der Waals surface area contributed by atoms with E-state index in [1.807, 2.05) is 23.6 Å². The average Bonchev–Trinajstić information content (AvgIpc) is 3.12. The maximum Gasteiger partial charge on any atom is 0.266 e. The molecule has 2 aromatic carbocycles. The average molecular weight is 350 g/mol. The van der Waals surface area contributed by atoms with E-state index in [2.05, 4.69) is 29.2 Å². The van der Waals surface area contributed by atoms with Crippen LogP contribution < -0.4 is 11.3 Å². The summed E-state index contributed by atoms with van der Waals surface area (Å²) in [5.41, 5.74) is 10.4. The summed E-state index contributed by atoms with van der Waals surface area (Å²) in [7, 11) is 0. The Kier molecular flexibility index (Phi) is 4.13. The molecule has 5 heteroatoms. The van der Waals surface area contributed by atoms with Crippen LogP contribution in [0.4, 0.5) is 0 Å². The van der Waals surface area contributed by atoms with Gasteiger partial charge in [-0.25, -0.2) is 0 Å². The first-order chi connectivity index (χ1) is 12.2. The first-order valence-corrected chi connectivity index (χ1v) is 9.06. The molecule has 0 saturated carbocycles. The van der Waals surface area contributed by atoms with E-state index in [1.54, 1.807) is 0 Å². The number of benzene rings is 2. The zero-order chi connectivity index (χ0) is 17.4. The number of fused-ring (bicyclic) bond motifs is 3. The molecule has 4 rings (SSSR count). The second-order valence-electron chi connectivity index (χ2n) is 6.03. The van der Waals surface area contributed by atoms with Gasteiger partial charge in [-0.3, -0.25) is 4.79 Å². The highest BCUT2D eigenvalue weighted by molar-refractivity contribution is 7.17. The van der Waals surface area contributed by atoms with Crippen LogP contribution >= 0.6 is 11.3 Å². The van der Waals surface area contributed by atoms with E-state index in [0.717, 1.165) is 39.4 Å². The fraction of sp³-hybridized carbons (Fsp3) is 0.150. The topological polar surface area (TPSA) is 79.1 Å². The van der Waals surface area contributed by atoms with Gasteiger partial charge >= 0.3 is 0 Å². The molecule has 0 radical (unpaired) electrons. The molecule has 0 aliphatic rings. The van der Waals surface area contributed by atoms with E-state index < -0.39 is 0 Å². The van der Waals surface area contributed by atoms with Gasteiger partial charge in [-0.15, -0.1) is 11.3 Å². The molecular weight excluding hydrogens is 332 g/mol. The molecule has 4 nitrogen and oxygen atoms in total. The molecule has 0 aliphatic heterocycles. The molecule has 0 atom stereocenters. The van der Waals surface area contributed by atoms with Gasteiger partial charge in [0.25, 0.3) is 5.56 Å². The summed E-state index contributed by atoms with van der Waals surface area (Å²) in [6, 6.07) is 14.0. The number of hydrogen-bond donors (Lipinski definition) is 3. The monoisotopic (exact) mass is 350 g/mol. The smallest absolute Gasteiger partial charge is 0.266 e. The summed E-state index contributed by atoms with van der Waals surface area (Å²) >= 11 is 1.44. The molecule has 0 fully saturated rings. The van der Waals surface area contributed by atoms with Gasteiger partial charge in [0, 0.05) is 16.3 Å². The predicted octanol–water partition coefficient (Wildman–Crippen LogP) is 3.40. The van der Waals surface area contributed by atoms with Crippen molar-refractivity contribution in [2.24, 2.45) is 5.73 Å². The Bertz CT molecular complexity index is 1110. The second kappa shape index (κ2) is 6.44.